The predicted molar refractivity (Wildman–Crippen MR) is 127 cm³/mol. The first kappa shape index (κ1) is 22.6. The Bertz CT molecular complexity index is 1240. The first-order valence-electron chi connectivity index (χ1n) is 10.8. The fourth-order valence-electron chi connectivity index (χ4n) is 4.16. The molecule has 0 radical (unpaired) electrons. The van der Waals surface area contributed by atoms with Gasteiger partial charge in [-0.1, -0.05) is 37.1 Å². The highest BCUT2D eigenvalue weighted by Gasteiger charge is 2.33. The Labute approximate surface area is 197 Å². The topological polar surface area (TPSA) is 91.0 Å². The van der Waals surface area contributed by atoms with Crippen molar-refractivity contribution < 1.29 is 9.59 Å². The Balaban J connectivity index is 1.69. The molecule has 0 saturated carbocycles. The zero-order valence-electron chi connectivity index (χ0n) is 18.5. The molecule has 2 amide bonds. The summed E-state index contributed by atoms with van der Waals surface area (Å²) in [7, 11) is 0. The van der Waals surface area contributed by atoms with E-state index in [0.717, 1.165) is 18.4 Å². The van der Waals surface area contributed by atoms with Crippen molar-refractivity contribution in [1.82, 2.24) is 14.7 Å². The molecule has 8 heteroatoms. The Kier molecular flexibility index (Phi) is 6.47. The number of amides is 2. The average molecular weight is 462 g/mol. The SMILES string of the molecule is CCCC1CN(Cc2ccc(C#N)cc2)C(=O)c2cc(-c3ccc(Cl)cc3NC(C)=O)nn21. The second-order valence-corrected chi connectivity index (χ2v) is 8.60. The molecule has 2 aromatic carbocycles. The number of halogens is 1. The van der Waals surface area contributed by atoms with Crippen molar-refractivity contribution in [2.45, 2.75) is 39.3 Å². The second-order valence-electron chi connectivity index (χ2n) is 8.17. The third-order valence-corrected chi connectivity index (χ3v) is 5.90. The molecule has 0 fully saturated rings. The summed E-state index contributed by atoms with van der Waals surface area (Å²) in [5.74, 6) is -0.309. The number of nitriles is 1. The van der Waals surface area contributed by atoms with Crippen LogP contribution in [0.1, 0.15) is 54.3 Å². The minimum absolute atomic E-state index is 0.0475. The molecule has 0 aliphatic carbocycles. The summed E-state index contributed by atoms with van der Waals surface area (Å²) in [5.41, 5.74) is 3.95. The maximum absolute atomic E-state index is 13.4. The van der Waals surface area contributed by atoms with Gasteiger partial charge in [0.25, 0.3) is 5.91 Å². The molecule has 0 spiro atoms. The average Bonchev–Trinajstić information content (AvgIpc) is 3.23. The molecule has 1 aromatic heterocycles. The van der Waals surface area contributed by atoms with Gasteiger partial charge in [-0.3, -0.25) is 14.3 Å². The van der Waals surface area contributed by atoms with Gasteiger partial charge in [-0.2, -0.15) is 10.4 Å². The van der Waals surface area contributed by atoms with Gasteiger partial charge in [-0.05, 0) is 48.4 Å². The molecule has 1 N–H and O–H groups in total. The molecule has 0 bridgehead atoms. The van der Waals surface area contributed by atoms with Crippen molar-refractivity contribution in [3.05, 3.63) is 70.4 Å². The van der Waals surface area contributed by atoms with Crippen LogP contribution < -0.4 is 5.32 Å². The molecule has 1 unspecified atom stereocenters. The van der Waals surface area contributed by atoms with Crippen LogP contribution in [0.3, 0.4) is 0 Å². The van der Waals surface area contributed by atoms with Gasteiger partial charge in [0.15, 0.2) is 0 Å². The number of hydrogen-bond donors (Lipinski definition) is 1. The highest BCUT2D eigenvalue weighted by Crippen LogP contribution is 2.34. The molecule has 4 rings (SSSR count). The lowest BCUT2D eigenvalue weighted by molar-refractivity contribution is -0.114. The largest absolute Gasteiger partial charge is 0.331 e. The summed E-state index contributed by atoms with van der Waals surface area (Å²) in [4.78, 5) is 26.9. The summed E-state index contributed by atoms with van der Waals surface area (Å²) < 4.78 is 1.82. The van der Waals surface area contributed by atoms with Crippen molar-refractivity contribution in [2.75, 3.05) is 11.9 Å². The first-order valence-corrected chi connectivity index (χ1v) is 11.2. The highest BCUT2D eigenvalue weighted by atomic mass is 35.5. The van der Waals surface area contributed by atoms with Crippen molar-refractivity contribution in [1.29, 1.82) is 5.26 Å². The first-order chi connectivity index (χ1) is 15.9. The van der Waals surface area contributed by atoms with Gasteiger partial charge in [0.05, 0.1) is 29.1 Å². The molecular weight excluding hydrogens is 438 g/mol. The van der Waals surface area contributed by atoms with E-state index in [1.807, 2.05) is 21.7 Å². The smallest absolute Gasteiger partial charge is 0.272 e. The Hall–Kier alpha value is -3.63. The molecular formula is C25H24ClN5O2. The third-order valence-electron chi connectivity index (χ3n) is 5.67. The fourth-order valence-corrected chi connectivity index (χ4v) is 4.33. The molecule has 1 aliphatic heterocycles. The molecule has 0 saturated heterocycles. The number of rotatable bonds is 6. The van der Waals surface area contributed by atoms with Crippen molar-refractivity contribution in [3.8, 4) is 17.3 Å². The normalized spacial score (nSPS) is 15.2. The monoisotopic (exact) mass is 461 g/mol. The lowest BCUT2D eigenvalue weighted by atomic mass is 10.1. The van der Waals surface area contributed by atoms with Gasteiger partial charge in [0.1, 0.15) is 5.69 Å². The van der Waals surface area contributed by atoms with Crippen LogP contribution in [0.2, 0.25) is 5.02 Å². The van der Waals surface area contributed by atoms with Crippen molar-refractivity contribution in [2.24, 2.45) is 0 Å². The number of carbonyl (C=O) groups is 2. The molecule has 7 nitrogen and oxygen atoms in total. The third kappa shape index (κ3) is 4.76. The minimum atomic E-state index is -0.212. The van der Waals surface area contributed by atoms with Crippen molar-refractivity contribution >= 4 is 29.1 Å². The Morgan fingerprint density at radius 2 is 2.00 bits per heavy atom. The van der Waals surface area contributed by atoms with E-state index in [-0.39, 0.29) is 17.9 Å². The van der Waals surface area contributed by atoms with E-state index in [2.05, 4.69) is 18.3 Å². The van der Waals surface area contributed by atoms with Gasteiger partial charge in [0.2, 0.25) is 5.91 Å². The zero-order valence-corrected chi connectivity index (χ0v) is 19.3. The lowest BCUT2D eigenvalue weighted by Crippen LogP contribution is -2.42. The lowest BCUT2D eigenvalue weighted by Gasteiger charge is -2.33. The van der Waals surface area contributed by atoms with E-state index in [1.165, 1.54) is 6.92 Å². The van der Waals surface area contributed by atoms with Crippen LogP contribution in [0, 0.1) is 11.3 Å². The van der Waals surface area contributed by atoms with Crippen LogP contribution in [0.15, 0.2) is 48.5 Å². The number of anilines is 1. The quantitative estimate of drug-likeness (QED) is 0.557. The van der Waals surface area contributed by atoms with E-state index in [1.54, 1.807) is 36.4 Å². The maximum atomic E-state index is 13.4. The minimum Gasteiger partial charge on any atom is -0.331 e. The molecule has 1 aliphatic rings. The number of aromatic nitrogens is 2. The van der Waals surface area contributed by atoms with Gasteiger partial charge in [-0.25, -0.2) is 0 Å². The fraction of sp³-hybridized carbons (Fsp3) is 0.280. The number of benzene rings is 2. The zero-order chi connectivity index (χ0) is 23.5. The summed E-state index contributed by atoms with van der Waals surface area (Å²) in [6, 6.07) is 16.5. The van der Waals surface area contributed by atoms with Crippen LogP contribution in [0.5, 0.6) is 0 Å². The van der Waals surface area contributed by atoms with Crippen LogP contribution in [0.25, 0.3) is 11.3 Å². The van der Waals surface area contributed by atoms with E-state index in [0.29, 0.717) is 46.3 Å². The standard InChI is InChI=1S/C25H24ClN5O2/c1-3-4-20-15-30(14-18-7-5-17(13-27)6-8-18)25(33)24-12-23(29-31(20)24)21-10-9-19(26)11-22(21)28-16(2)32/h5-12,20H,3-4,14-15H2,1-2H3,(H,28,32). The Morgan fingerprint density at radius 1 is 1.24 bits per heavy atom. The van der Waals surface area contributed by atoms with E-state index in [4.69, 9.17) is 22.0 Å². The Morgan fingerprint density at radius 3 is 2.67 bits per heavy atom. The van der Waals surface area contributed by atoms with Crippen LogP contribution in [0.4, 0.5) is 5.69 Å². The van der Waals surface area contributed by atoms with E-state index >= 15 is 0 Å². The summed E-state index contributed by atoms with van der Waals surface area (Å²) >= 11 is 6.14. The van der Waals surface area contributed by atoms with Gasteiger partial charge in [0, 0.05) is 30.6 Å². The predicted octanol–water partition coefficient (Wildman–Crippen LogP) is 5.03. The number of hydrogen-bond acceptors (Lipinski definition) is 4. The number of nitrogens with one attached hydrogen (secondary N) is 1. The molecule has 2 heterocycles. The molecule has 3 aromatic rings. The van der Waals surface area contributed by atoms with Crippen LogP contribution >= 0.6 is 11.6 Å². The number of fused-ring (bicyclic) bond motifs is 1. The summed E-state index contributed by atoms with van der Waals surface area (Å²) in [6.07, 6.45) is 1.83. The highest BCUT2D eigenvalue weighted by molar-refractivity contribution is 6.31. The molecule has 33 heavy (non-hydrogen) atoms. The van der Waals surface area contributed by atoms with E-state index in [9.17, 15) is 9.59 Å². The van der Waals surface area contributed by atoms with Crippen LogP contribution in [-0.2, 0) is 11.3 Å². The van der Waals surface area contributed by atoms with Gasteiger partial charge >= 0.3 is 0 Å². The maximum Gasteiger partial charge on any atom is 0.272 e. The van der Waals surface area contributed by atoms with Crippen LogP contribution in [-0.4, -0.2) is 33.0 Å². The van der Waals surface area contributed by atoms with Crippen molar-refractivity contribution in [3.63, 3.8) is 0 Å². The summed E-state index contributed by atoms with van der Waals surface area (Å²) in [5, 5.41) is 17.1. The molecule has 1 atom stereocenters. The summed E-state index contributed by atoms with van der Waals surface area (Å²) in [6.45, 7) is 4.56. The number of nitrogens with zero attached hydrogens (tertiary/aromatic N) is 4. The number of carbonyl (C=O) groups excluding carboxylic acids is 2. The van der Waals surface area contributed by atoms with E-state index < -0.39 is 0 Å². The second kappa shape index (κ2) is 9.47. The van der Waals surface area contributed by atoms with Gasteiger partial charge in [-0.15, -0.1) is 0 Å². The molecule has 168 valence electrons. The van der Waals surface area contributed by atoms with Gasteiger partial charge < -0.3 is 10.2 Å².